The van der Waals surface area contributed by atoms with Crippen molar-refractivity contribution in [3.63, 3.8) is 0 Å². The molecule has 1 aliphatic carbocycles. The lowest BCUT2D eigenvalue weighted by atomic mass is 9.82. The molecule has 0 aromatic heterocycles. The van der Waals surface area contributed by atoms with Crippen molar-refractivity contribution in [3.8, 4) is 0 Å². The van der Waals surface area contributed by atoms with Crippen LogP contribution >= 0.6 is 23.2 Å². The topological polar surface area (TPSA) is 105 Å². The summed E-state index contributed by atoms with van der Waals surface area (Å²) < 4.78 is 0. The quantitative estimate of drug-likeness (QED) is 0.485. The Hall–Kier alpha value is -1.96. The molecule has 7 nitrogen and oxygen atoms in total. The average Bonchev–Trinajstić information content (AvgIpc) is 3.25. The van der Waals surface area contributed by atoms with E-state index in [1.165, 1.54) is 38.8 Å². The van der Waals surface area contributed by atoms with E-state index in [4.69, 9.17) is 33.7 Å². The fraction of sp³-hybridized carbons (Fsp3) is 0.615. The Labute approximate surface area is 220 Å². The van der Waals surface area contributed by atoms with E-state index in [1.807, 2.05) is 11.0 Å². The number of rotatable bonds is 4. The van der Waals surface area contributed by atoms with E-state index in [0.717, 1.165) is 43.8 Å². The molecule has 0 radical (unpaired) electrons. The number of piperidine rings is 2. The molecule has 2 fully saturated rings. The molecule has 2 unspecified atom stereocenters. The summed E-state index contributed by atoms with van der Waals surface area (Å²) >= 11 is 11.4. The molecule has 9 heteroatoms. The van der Waals surface area contributed by atoms with Crippen LogP contribution in [0.25, 0.3) is 0 Å². The summed E-state index contributed by atoms with van der Waals surface area (Å²) in [5.41, 5.74) is 12.0. The standard InChI is InChI=1S/C18H31N3O.C7H7Cl2N.CH3NO/c1-14-11-19-12-18(14)17-5-9-21(10-6-17)15(2)16-3-7-20(13-22)8-4-16;8-6-3-1-5(10)2-4-7(6)9;2-1-3/h12-17,19H,3-11H2,1-2H3;1-3H,4,10H2;1H,(H2,2,3). The van der Waals surface area contributed by atoms with Crippen LogP contribution in [0.3, 0.4) is 0 Å². The maximum Gasteiger partial charge on any atom is 0.209 e. The van der Waals surface area contributed by atoms with Gasteiger partial charge in [-0.3, -0.25) is 9.59 Å². The summed E-state index contributed by atoms with van der Waals surface area (Å²) in [6, 6.07) is 0.669. The summed E-state index contributed by atoms with van der Waals surface area (Å²) in [7, 11) is 0. The molecule has 3 aliphatic heterocycles. The number of amides is 2. The smallest absolute Gasteiger partial charge is 0.209 e. The van der Waals surface area contributed by atoms with E-state index in [-0.39, 0.29) is 6.41 Å². The number of hydrogen-bond acceptors (Lipinski definition) is 5. The molecule has 0 saturated carbocycles. The van der Waals surface area contributed by atoms with E-state index in [1.54, 1.807) is 17.7 Å². The number of nitrogens with one attached hydrogen (secondary N) is 1. The van der Waals surface area contributed by atoms with E-state index < -0.39 is 0 Å². The SMILES string of the molecule is CC1CNC=C1C1CCN(C(C)C2CCN(C=O)CC2)CC1.NC1=CCC(Cl)=C(Cl)C=C1.NC=O. The van der Waals surface area contributed by atoms with Crippen LogP contribution in [0.4, 0.5) is 0 Å². The largest absolute Gasteiger partial charge is 0.399 e. The number of likely N-dealkylation sites (tertiary alicyclic amines) is 2. The van der Waals surface area contributed by atoms with Gasteiger partial charge >= 0.3 is 0 Å². The molecule has 196 valence electrons. The van der Waals surface area contributed by atoms with Crippen molar-refractivity contribution in [3.05, 3.63) is 45.8 Å². The van der Waals surface area contributed by atoms with Crippen molar-refractivity contribution in [2.24, 2.45) is 29.2 Å². The molecular weight excluding hydrogens is 485 g/mol. The van der Waals surface area contributed by atoms with Gasteiger partial charge in [0, 0.05) is 42.8 Å². The molecule has 35 heavy (non-hydrogen) atoms. The molecular formula is C26H41Cl2N5O2. The zero-order valence-corrected chi connectivity index (χ0v) is 22.5. The lowest BCUT2D eigenvalue weighted by Gasteiger charge is -2.42. The van der Waals surface area contributed by atoms with Gasteiger partial charge in [-0.1, -0.05) is 36.2 Å². The second kappa shape index (κ2) is 15.2. The van der Waals surface area contributed by atoms with Crippen molar-refractivity contribution in [2.45, 2.75) is 52.0 Å². The number of nitrogens with two attached hydrogens (primary N) is 2. The summed E-state index contributed by atoms with van der Waals surface area (Å²) in [6.07, 6.45) is 14.4. The Kier molecular flexibility index (Phi) is 12.7. The summed E-state index contributed by atoms with van der Waals surface area (Å²) in [5, 5.41) is 4.61. The molecule has 0 aromatic carbocycles. The second-order valence-corrected chi connectivity index (χ2v) is 10.5. The molecule has 0 spiro atoms. The van der Waals surface area contributed by atoms with Crippen molar-refractivity contribution in [1.82, 2.24) is 15.1 Å². The van der Waals surface area contributed by atoms with Crippen molar-refractivity contribution < 1.29 is 9.59 Å². The number of carbonyl (C=O) groups is 2. The van der Waals surface area contributed by atoms with Gasteiger partial charge in [0.25, 0.3) is 0 Å². The fourth-order valence-electron chi connectivity index (χ4n) is 5.21. The second-order valence-electron chi connectivity index (χ2n) is 9.61. The van der Waals surface area contributed by atoms with Gasteiger partial charge in [0.15, 0.2) is 0 Å². The molecule has 0 bridgehead atoms. The molecule has 4 rings (SSSR count). The predicted molar refractivity (Wildman–Crippen MR) is 144 cm³/mol. The van der Waals surface area contributed by atoms with Crippen molar-refractivity contribution in [2.75, 3.05) is 32.7 Å². The predicted octanol–water partition coefficient (Wildman–Crippen LogP) is 3.66. The van der Waals surface area contributed by atoms with E-state index in [2.05, 4.69) is 36.0 Å². The first-order chi connectivity index (χ1) is 16.8. The van der Waals surface area contributed by atoms with Crippen LogP contribution in [0, 0.1) is 17.8 Å². The zero-order valence-electron chi connectivity index (χ0n) is 21.0. The first-order valence-corrected chi connectivity index (χ1v) is 13.3. The van der Waals surface area contributed by atoms with Gasteiger partial charge in [-0.05, 0) is 87.4 Å². The third-order valence-electron chi connectivity index (χ3n) is 7.44. The molecule has 4 aliphatic rings. The summed E-state index contributed by atoms with van der Waals surface area (Å²) in [4.78, 5) is 24.0. The van der Waals surface area contributed by atoms with Crippen LogP contribution in [0.2, 0.25) is 0 Å². The number of nitrogens with zero attached hydrogens (tertiary/aromatic N) is 2. The Morgan fingerprint density at radius 3 is 2.26 bits per heavy atom. The molecule has 0 aromatic rings. The highest BCUT2D eigenvalue weighted by atomic mass is 35.5. The highest BCUT2D eigenvalue weighted by Gasteiger charge is 2.32. The maximum atomic E-state index is 10.8. The van der Waals surface area contributed by atoms with Gasteiger partial charge in [-0.15, -0.1) is 0 Å². The zero-order chi connectivity index (χ0) is 25.8. The van der Waals surface area contributed by atoms with Crippen LogP contribution < -0.4 is 16.8 Å². The highest BCUT2D eigenvalue weighted by molar-refractivity contribution is 6.40. The van der Waals surface area contributed by atoms with E-state index >= 15 is 0 Å². The number of primary amides is 1. The number of hydrogen-bond donors (Lipinski definition) is 3. The van der Waals surface area contributed by atoms with Gasteiger partial charge in [0.2, 0.25) is 12.8 Å². The van der Waals surface area contributed by atoms with E-state index in [0.29, 0.717) is 28.2 Å². The first-order valence-electron chi connectivity index (χ1n) is 12.5. The minimum atomic E-state index is 0.250. The van der Waals surface area contributed by atoms with Gasteiger partial charge < -0.3 is 26.6 Å². The van der Waals surface area contributed by atoms with Crippen LogP contribution in [0.15, 0.2) is 45.8 Å². The van der Waals surface area contributed by atoms with E-state index in [9.17, 15) is 4.79 Å². The number of halogens is 2. The van der Waals surface area contributed by atoms with Gasteiger partial charge in [0.1, 0.15) is 0 Å². The van der Waals surface area contributed by atoms with Crippen LogP contribution in [0.1, 0.15) is 46.0 Å². The molecule has 3 heterocycles. The normalized spacial score (nSPS) is 24.6. The third-order valence-corrected chi connectivity index (χ3v) is 8.25. The van der Waals surface area contributed by atoms with Gasteiger partial charge in [0.05, 0.1) is 5.03 Å². The Balaban J connectivity index is 0.000000277. The average molecular weight is 527 g/mol. The molecule has 2 saturated heterocycles. The van der Waals surface area contributed by atoms with Crippen LogP contribution in [-0.2, 0) is 9.59 Å². The molecule has 2 amide bonds. The number of carbonyl (C=O) groups excluding carboxylic acids is 2. The number of allylic oxidation sites excluding steroid dienone is 5. The summed E-state index contributed by atoms with van der Waals surface area (Å²) in [5.74, 6) is 2.28. The monoisotopic (exact) mass is 525 g/mol. The summed E-state index contributed by atoms with van der Waals surface area (Å²) in [6.45, 7) is 10.3. The van der Waals surface area contributed by atoms with Crippen molar-refractivity contribution >= 4 is 36.0 Å². The minimum Gasteiger partial charge on any atom is -0.399 e. The lowest BCUT2D eigenvalue weighted by molar-refractivity contribution is -0.119. The van der Waals surface area contributed by atoms with Gasteiger partial charge in [-0.2, -0.15) is 0 Å². The molecule has 5 N–H and O–H groups in total. The Morgan fingerprint density at radius 1 is 1.09 bits per heavy atom. The lowest BCUT2D eigenvalue weighted by Crippen LogP contribution is -2.47. The maximum absolute atomic E-state index is 10.8. The minimum absolute atomic E-state index is 0.250. The van der Waals surface area contributed by atoms with Crippen LogP contribution in [0.5, 0.6) is 0 Å². The highest BCUT2D eigenvalue weighted by Crippen LogP contribution is 2.33. The Bertz CT molecular complexity index is 811. The Morgan fingerprint density at radius 2 is 1.71 bits per heavy atom. The molecule has 2 atom stereocenters. The first kappa shape index (κ1) is 29.3. The van der Waals surface area contributed by atoms with Crippen molar-refractivity contribution in [1.29, 1.82) is 0 Å². The van der Waals surface area contributed by atoms with Gasteiger partial charge in [-0.25, -0.2) is 0 Å². The third kappa shape index (κ3) is 9.21. The van der Waals surface area contributed by atoms with Crippen LogP contribution in [-0.4, -0.2) is 61.4 Å². The fourth-order valence-corrected chi connectivity index (χ4v) is 5.49.